The molecule has 0 saturated carbocycles. The summed E-state index contributed by atoms with van der Waals surface area (Å²) in [6, 6.07) is 3.38. The highest BCUT2D eigenvalue weighted by Crippen LogP contribution is 2.49. The first-order chi connectivity index (χ1) is 4.99. The van der Waals surface area contributed by atoms with E-state index < -0.39 is 22.5 Å². The minimum absolute atomic E-state index is 0.104. The van der Waals surface area contributed by atoms with E-state index in [0.29, 0.717) is 0 Å². The van der Waals surface area contributed by atoms with E-state index in [9.17, 15) is 7.77 Å². The average Bonchev–Trinajstić information content (AvgIpc) is 1.84. The Bertz CT molecular complexity index is 198. The van der Waals surface area contributed by atoms with Gasteiger partial charge in [-0.1, -0.05) is 0 Å². The fourth-order valence-electron chi connectivity index (χ4n) is 0.605. The second-order valence-electron chi connectivity index (χ2n) is 2.23. The smallest absolute Gasteiger partial charge is 0.0715 e. The quantitative estimate of drug-likeness (QED) is 0.665. The molecular weight excluding hydrogens is 170 g/mol. The Hall–Kier alpha value is -0.810. The van der Waals surface area contributed by atoms with E-state index in [1.165, 1.54) is 0 Å². The van der Waals surface area contributed by atoms with Crippen molar-refractivity contribution in [3.63, 3.8) is 0 Å². The summed E-state index contributed by atoms with van der Waals surface area (Å²) >= 11 is 0. The van der Waals surface area contributed by atoms with E-state index in [1.54, 1.807) is 12.1 Å². The van der Waals surface area contributed by atoms with Crippen molar-refractivity contribution >= 4 is 10.8 Å². The molecule has 0 fully saturated rings. The van der Waals surface area contributed by atoms with E-state index in [4.69, 9.17) is 10.5 Å². The Morgan fingerprint density at radius 1 is 1.45 bits per heavy atom. The van der Waals surface area contributed by atoms with Crippen LogP contribution >= 0.6 is 10.8 Å². The minimum Gasteiger partial charge on any atom is -0.198 e. The lowest BCUT2D eigenvalue weighted by atomic mass is 10.1. The maximum atomic E-state index is 12.3. The second kappa shape index (κ2) is 4.15. The maximum absolute atomic E-state index is 12.3. The number of hydrogen-bond acceptors (Lipinski definition) is 2. The summed E-state index contributed by atoms with van der Waals surface area (Å²) in [6.45, 7) is 0. The monoisotopic (exact) mass is 178 g/mol. The molecule has 0 aliphatic heterocycles. The van der Waals surface area contributed by atoms with Crippen LogP contribution < -0.4 is 0 Å². The first kappa shape index (κ1) is 10.2. The Morgan fingerprint density at radius 3 is 2.27 bits per heavy atom. The number of nitrogens with zero attached hydrogens (tertiary/aromatic N) is 2. The van der Waals surface area contributed by atoms with Gasteiger partial charge in [0.15, 0.2) is 0 Å². The molecule has 0 N–H and O–H groups in total. The molecule has 0 heterocycles. The molecule has 62 valence electrons. The van der Waals surface area contributed by atoms with Crippen molar-refractivity contribution in [2.45, 2.75) is 6.42 Å². The van der Waals surface area contributed by atoms with Crippen molar-refractivity contribution < 1.29 is 7.77 Å². The van der Waals surface area contributed by atoms with Gasteiger partial charge in [-0.3, -0.25) is 0 Å². The molecule has 0 aromatic carbocycles. The zero-order valence-corrected chi connectivity index (χ0v) is 6.87. The van der Waals surface area contributed by atoms with Gasteiger partial charge < -0.3 is 0 Å². The van der Waals surface area contributed by atoms with Crippen molar-refractivity contribution in [1.82, 2.24) is 0 Å². The molecule has 0 aliphatic rings. The maximum Gasteiger partial charge on any atom is 0.0715 e. The van der Waals surface area contributed by atoms with Crippen LogP contribution in [-0.4, -0.2) is 12.0 Å². The number of rotatable bonds is 3. The van der Waals surface area contributed by atoms with Crippen molar-refractivity contribution in [2.24, 2.45) is 5.92 Å². The van der Waals surface area contributed by atoms with Crippen molar-refractivity contribution in [2.75, 3.05) is 12.0 Å². The van der Waals surface area contributed by atoms with E-state index >= 15 is 0 Å². The van der Waals surface area contributed by atoms with Gasteiger partial charge in [0.1, 0.15) is 0 Å². The molecule has 0 aliphatic carbocycles. The fraction of sp³-hybridized carbons (Fsp3) is 0.667. The van der Waals surface area contributed by atoms with Crippen LogP contribution in [0.4, 0.5) is 7.77 Å². The Kier molecular flexibility index (Phi) is 3.84. The van der Waals surface area contributed by atoms with Crippen LogP contribution in [0.3, 0.4) is 0 Å². The average molecular weight is 178 g/mol. The van der Waals surface area contributed by atoms with Crippen LogP contribution in [-0.2, 0) is 0 Å². The Labute approximate surface area is 66.3 Å². The molecule has 0 radical (unpaired) electrons. The predicted octanol–water partition coefficient (Wildman–Crippen LogP) is 2.24. The number of hydrogen-bond donors (Lipinski definition) is 0. The zero-order chi connectivity index (χ0) is 8.91. The van der Waals surface area contributed by atoms with Gasteiger partial charge in [-0.2, -0.15) is 18.3 Å². The molecule has 0 spiro atoms. The third-order valence-electron chi connectivity index (χ3n) is 1.01. The third-order valence-corrected chi connectivity index (χ3v) is 2.00. The van der Waals surface area contributed by atoms with Gasteiger partial charge >= 0.3 is 0 Å². The lowest BCUT2D eigenvalue weighted by molar-refractivity contribution is 0.697. The summed E-state index contributed by atoms with van der Waals surface area (Å²) in [5.41, 5.74) is 0. The summed E-state index contributed by atoms with van der Waals surface area (Å²) in [7, 11) is -3.63. The largest absolute Gasteiger partial charge is 0.198 e. The van der Waals surface area contributed by atoms with Gasteiger partial charge in [-0.15, -0.1) is 0 Å². The summed E-state index contributed by atoms with van der Waals surface area (Å²) in [6.07, 6.45) is 0.724. The molecule has 0 amide bonds. The lowest BCUT2D eigenvalue weighted by Gasteiger charge is -2.15. The van der Waals surface area contributed by atoms with Gasteiger partial charge in [0.25, 0.3) is 0 Å². The highest BCUT2D eigenvalue weighted by Gasteiger charge is 2.21. The molecular formula is C6H8F2N2S. The number of halogens is 2. The Balaban J connectivity index is 3.93. The molecule has 0 aromatic heterocycles. The molecule has 0 saturated heterocycles. The molecule has 0 aromatic rings. The summed E-state index contributed by atoms with van der Waals surface area (Å²) in [4.78, 5) is 0. The fourth-order valence-corrected chi connectivity index (χ4v) is 1.50. The van der Waals surface area contributed by atoms with E-state index in [1.807, 2.05) is 0 Å². The molecule has 2 nitrogen and oxygen atoms in total. The van der Waals surface area contributed by atoms with Crippen LogP contribution in [0.15, 0.2) is 0 Å². The van der Waals surface area contributed by atoms with Crippen LogP contribution in [0.2, 0.25) is 0 Å². The van der Waals surface area contributed by atoms with Crippen molar-refractivity contribution in [3.05, 3.63) is 0 Å². The van der Waals surface area contributed by atoms with Crippen LogP contribution in [0, 0.1) is 28.6 Å². The van der Waals surface area contributed by atoms with Gasteiger partial charge in [0.05, 0.1) is 35.3 Å². The molecule has 5 heteroatoms. The zero-order valence-electron chi connectivity index (χ0n) is 6.05. The van der Waals surface area contributed by atoms with Crippen LogP contribution in [0.5, 0.6) is 0 Å². The van der Waals surface area contributed by atoms with Gasteiger partial charge in [-0.05, 0) is 0 Å². The summed E-state index contributed by atoms with van der Waals surface area (Å²) < 4.78 is 24.6. The second-order valence-corrected chi connectivity index (χ2v) is 4.31. The van der Waals surface area contributed by atoms with Crippen molar-refractivity contribution in [3.8, 4) is 12.1 Å². The highest BCUT2D eigenvalue weighted by atomic mass is 32.3. The third kappa shape index (κ3) is 5.63. The number of nitriles is 2. The van der Waals surface area contributed by atoms with Crippen LogP contribution in [0.1, 0.15) is 6.42 Å². The Morgan fingerprint density at radius 2 is 2.00 bits per heavy atom. The first-order valence-corrected chi connectivity index (χ1v) is 4.92. The summed E-state index contributed by atoms with van der Waals surface area (Å²) in [5.74, 6) is -1.26. The normalized spacial score (nSPS) is 14.6. The van der Waals surface area contributed by atoms with Crippen molar-refractivity contribution in [1.29, 1.82) is 10.5 Å². The molecule has 1 atom stereocenters. The summed E-state index contributed by atoms with van der Waals surface area (Å²) in [5, 5.41) is 16.4. The SMILES string of the molecule is CS(F)(F)CC(C#N)CC#N. The molecule has 11 heavy (non-hydrogen) atoms. The van der Waals surface area contributed by atoms with Gasteiger partial charge in [0, 0.05) is 12.0 Å². The topological polar surface area (TPSA) is 47.6 Å². The molecule has 0 bridgehead atoms. The lowest BCUT2D eigenvalue weighted by Crippen LogP contribution is -2.04. The van der Waals surface area contributed by atoms with Gasteiger partial charge in [0.2, 0.25) is 0 Å². The highest BCUT2D eigenvalue weighted by molar-refractivity contribution is 8.24. The van der Waals surface area contributed by atoms with E-state index in [0.717, 1.165) is 6.26 Å². The predicted molar refractivity (Wildman–Crippen MR) is 39.9 cm³/mol. The standard InChI is InChI=1S/C6H8F2N2S/c1-11(7,8)5-6(4-10)2-3-9/h6H,2,5H2,1H3. The van der Waals surface area contributed by atoms with E-state index in [2.05, 4.69) is 0 Å². The van der Waals surface area contributed by atoms with E-state index in [-0.39, 0.29) is 6.42 Å². The first-order valence-electron chi connectivity index (χ1n) is 2.91. The molecule has 0 rings (SSSR count). The van der Waals surface area contributed by atoms with Gasteiger partial charge in [-0.25, -0.2) is 0 Å². The minimum atomic E-state index is -3.63. The molecule has 1 unspecified atom stereocenters. The van der Waals surface area contributed by atoms with Crippen LogP contribution in [0.25, 0.3) is 0 Å².